The minimum Gasteiger partial charge on any atom is -0.353 e. The van der Waals surface area contributed by atoms with Gasteiger partial charge in [-0.15, -0.1) is 0 Å². The Kier molecular flexibility index (Phi) is 5.40. The third kappa shape index (κ3) is 4.13. The quantitative estimate of drug-likeness (QED) is 0.823. The van der Waals surface area contributed by atoms with Crippen molar-refractivity contribution in [2.75, 3.05) is 18.0 Å². The maximum Gasteiger partial charge on any atom is 0.225 e. The average Bonchev–Trinajstić information content (AvgIpc) is 3.08. The van der Waals surface area contributed by atoms with Gasteiger partial charge in [0.15, 0.2) is 5.13 Å². The van der Waals surface area contributed by atoms with Gasteiger partial charge < -0.3 is 10.2 Å². The number of benzene rings is 1. The van der Waals surface area contributed by atoms with Gasteiger partial charge in [-0.1, -0.05) is 24.3 Å². The van der Waals surface area contributed by atoms with Crippen LogP contribution in [0.15, 0.2) is 12.1 Å². The number of amides is 1. The topological polar surface area (TPSA) is 45.2 Å². The molecule has 2 aliphatic rings. The maximum absolute atomic E-state index is 12.8. The molecule has 0 spiro atoms. The Morgan fingerprint density at radius 3 is 2.74 bits per heavy atom. The number of aryl methyl sites for hydroxylation is 2. The number of rotatable bonds is 3. The summed E-state index contributed by atoms with van der Waals surface area (Å²) >= 11 is 1.76. The second-order valence-electron chi connectivity index (χ2n) is 8.68. The molecule has 1 saturated heterocycles. The smallest absolute Gasteiger partial charge is 0.225 e. The summed E-state index contributed by atoms with van der Waals surface area (Å²) in [6.45, 7) is 8.39. The molecule has 1 saturated carbocycles. The third-order valence-electron chi connectivity index (χ3n) is 6.24. The van der Waals surface area contributed by atoms with E-state index in [0.717, 1.165) is 55.3 Å². The minimum absolute atomic E-state index is 0.0907. The number of hydrogen-bond donors (Lipinski definition) is 1. The Labute approximate surface area is 166 Å². The molecular weight excluding hydrogens is 354 g/mol. The molecule has 2 heterocycles. The zero-order chi connectivity index (χ0) is 19.0. The molecule has 1 aliphatic heterocycles. The Balaban J connectivity index is 1.43. The first-order valence-electron chi connectivity index (χ1n) is 10.4. The van der Waals surface area contributed by atoms with E-state index in [2.05, 4.69) is 43.1 Å². The third-order valence-corrected chi connectivity index (χ3v) is 7.31. The van der Waals surface area contributed by atoms with Crippen LogP contribution in [0, 0.1) is 25.7 Å². The monoisotopic (exact) mass is 385 g/mol. The molecule has 1 aliphatic carbocycles. The van der Waals surface area contributed by atoms with E-state index in [4.69, 9.17) is 4.98 Å². The lowest BCUT2D eigenvalue weighted by atomic mass is 9.87. The summed E-state index contributed by atoms with van der Waals surface area (Å²) in [5, 5.41) is 4.41. The largest absolute Gasteiger partial charge is 0.353 e. The van der Waals surface area contributed by atoms with E-state index in [1.165, 1.54) is 28.7 Å². The van der Waals surface area contributed by atoms with Crippen LogP contribution >= 0.6 is 11.3 Å². The van der Waals surface area contributed by atoms with Gasteiger partial charge in [0.05, 0.1) is 16.1 Å². The fourth-order valence-corrected chi connectivity index (χ4v) is 5.76. The van der Waals surface area contributed by atoms with Gasteiger partial charge >= 0.3 is 0 Å². The first-order chi connectivity index (χ1) is 13.0. The second-order valence-corrected chi connectivity index (χ2v) is 9.68. The number of carbonyl (C=O) groups excluding carboxylic acids is 1. The molecule has 4 rings (SSSR count). The number of fused-ring (bicyclic) bond motifs is 1. The van der Waals surface area contributed by atoms with Gasteiger partial charge in [0.25, 0.3) is 0 Å². The molecule has 1 N–H and O–H groups in total. The molecule has 0 unspecified atom stereocenters. The first kappa shape index (κ1) is 18.7. The lowest BCUT2D eigenvalue weighted by Gasteiger charge is -2.34. The van der Waals surface area contributed by atoms with Crippen LogP contribution in [0.1, 0.15) is 56.6 Å². The minimum atomic E-state index is 0.0907. The molecule has 27 heavy (non-hydrogen) atoms. The van der Waals surface area contributed by atoms with Crippen LogP contribution in [0.5, 0.6) is 0 Å². The molecule has 146 valence electrons. The van der Waals surface area contributed by atoms with E-state index in [0.29, 0.717) is 6.04 Å². The average molecular weight is 386 g/mol. The van der Waals surface area contributed by atoms with Crippen LogP contribution in [0.2, 0.25) is 0 Å². The van der Waals surface area contributed by atoms with E-state index in [9.17, 15) is 4.79 Å². The molecule has 0 bridgehead atoms. The zero-order valence-corrected chi connectivity index (χ0v) is 17.6. The highest BCUT2D eigenvalue weighted by Crippen LogP contribution is 2.34. The molecule has 5 heteroatoms. The molecule has 4 nitrogen and oxygen atoms in total. The number of anilines is 1. The van der Waals surface area contributed by atoms with Crippen LogP contribution in [-0.2, 0) is 4.79 Å². The molecule has 1 aromatic carbocycles. The normalized spacial score (nSPS) is 26.3. The highest BCUT2D eigenvalue weighted by Gasteiger charge is 2.29. The van der Waals surface area contributed by atoms with Gasteiger partial charge in [0, 0.05) is 19.1 Å². The first-order valence-corrected chi connectivity index (χ1v) is 11.2. The van der Waals surface area contributed by atoms with Crippen molar-refractivity contribution in [3.8, 4) is 0 Å². The van der Waals surface area contributed by atoms with Crippen LogP contribution in [0.3, 0.4) is 0 Å². The fraction of sp³-hybridized carbons (Fsp3) is 0.636. The van der Waals surface area contributed by atoms with Crippen molar-refractivity contribution in [2.24, 2.45) is 11.8 Å². The number of hydrogen-bond acceptors (Lipinski definition) is 4. The second kappa shape index (κ2) is 7.78. The van der Waals surface area contributed by atoms with Gasteiger partial charge in [-0.25, -0.2) is 4.98 Å². The van der Waals surface area contributed by atoms with Crippen LogP contribution in [-0.4, -0.2) is 30.0 Å². The summed E-state index contributed by atoms with van der Waals surface area (Å²) in [5.74, 6) is 1.16. The van der Waals surface area contributed by atoms with Crippen molar-refractivity contribution in [1.29, 1.82) is 0 Å². The number of nitrogens with one attached hydrogen (secondary N) is 1. The summed E-state index contributed by atoms with van der Waals surface area (Å²) in [7, 11) is 0. The predicted molar refractivity (Wildman–Crippen MR) is 114 cm³/mol. The Bertz CT molecular complexity index is 822. The summed E-state index contributed by atoms with van der Waals surface area (Å²) in [4.78, 5) is 20.1. The molecule has 1 atom stereocenters. The number of thiazole rings is 1. The fourth-order valence-electron chi connectivity index (χ4n) is 4.58. The Morgan fingerprint density at radius 2 is 1.96 bits per heavy atom. The molecule has 2 aromatic rings. The van der Waals surface area contributed by atoms with E-state index < -0.39 is 0 Å². The van der Waals surface area contributed by atoms with Crippen molar-refractivity contribution in [1.82, 2.24) is 10.3 Å². The van der Waals surface area contributed by atoms with Crippen LogP contribution < -0.4 is 10.2 Å². The SMILES string of the molecule is Cc1cc(C)c2nc(N3CCC[C@H](C(=O)NC4CCC(C)CC4)C3)sc2c1. The molecule has 2 fully saturated rings. The Morgan fingerprint density at radius 1 is 1.19 bits per heavy atom. The highest BCUT2D eigenvalue weighted by molar-refractivity contribution is 7.22. The van der Waals surface area contributed by atoms with Gasteiger partial charge in [-0.05, 0) is 75.5 Å². The summed E-state index contributed by atoms with van der Waals surface area (Å²) in [5.41, 5.74) is 3.64. The number of piperidine rings is 1. The van der Waals surface area contributed by atoms with Gasteiger partial charge in [0.2, 0.25) is 5.91 Å². The number of carbonyl (C=O) groups is 1. The highest BCUT2D eigenvalue weighted by atomic mass is 32.1. The molecular formula is C22H31N3OS. The summed E-state index contributed by atoms with van der Waals surface area (Å²) < 4.78 is 1.26. The number of aromatic nitrogens is 1. The molecule has 1 aromatic heterocycles. The van der Waals surface area contributed by atoms with Crippen molar-refractivity contribution in [3.63, 3.8) is 0 Å². The van der Waals surface area contributed by atoms with Gasteiger partial charge in [-0.3, -0.25) is 4.79 Å². The lowest BCUT2D eigenvalue weighted by Crippen LogP contribution is -2.46. The molecule has 1 amide bonds. The van der Waals surface area contributed by atoms with Gasteiger partial charge in [-0.2, -0.15) is 0 Å². The predicted octanol–water partition coefficient (Wildman–Crippen LogP) is 4.82. The summed E-state index contributed by atoms with van der Waals surface area (Å²) in [6, 6.07) is 4.81. The van der Waals surface area contributed by atoms with Crippen LogP contribution in [0.25, 0.3) is 10.2 Å². The van der Waals surface area contributed by atoms with E-state index >= 15 is 0 Å². The van der Waals surface area contributed by atoms with Crippen molar-refractivity contribution in [2.45, 2.75) is 65.3 Å². The van der Waals surface area contributed by atoms with E-state index in [1.54, 1.807) is 11.3 Å². The maximum atomic E-state index is 12.8. The Hall–Kier alpha value is -1.62. The standard InChI is InChI=1S/C22H31N3OS/c1-14-6-8-18(9-7-14)23-21(26)17-5-4-10-25(13-17)22-24-20-16(3)11-15(2)12-19(20)27-22/h11-12,14,17-18H,4-10,13H2,1-3H3,(H,23,26)/t14?,17-,18?/m0/s1. The van der Waals surface area contributed by atoms with Gasteiger partial charge in [0.1, 0.15) is 0 Å². The lowest BCUT2D eigenvalue weighted by molar-refractivity contribution is -0.126. The number of nitrogens with zero attached hydrogens (tertiary/aromatic N) is 2. The van der Waals surface area contributed by atoms with Crippen LogP contribution in [0.4, 0.5) is 5.13 Å². The summed E-state index contributed by atoms with van der Waals surface area (Å²) in [6.07, 6.45) is 6.82. The van der Waals surface area contributed by atoms with E-state index in [-0.39, 0.29) is 11.8 Å². The van der Waals surface area contributed by atoms with Crippen molar-refractivity contribution >= 4 is 32.6 Å². The van der Waals surface area contributed by atoms with Crippen molar-refractivity contribution < 1.29 is 4.79 Å². The zero-order valence-electron chi connectivity index (χ0n) is 16.8. The van der Waals surface area contributed by atoms with E-state index in [1.807, 2.05) is 0 Å². The van der Waals surface area contributed by atoms with Crippen molar-refractivity contribution in [3.05, 3.63) is 23.3 Å². The molecule has 0 radical (unpaired) electrons.